The van der Waals surface area contributed by atoms with E-state index in [0.717, 1.165) is 25.9 Å². The minimum atomic E-state index is -0.722. The van der Waals surface area contributed by atoms with Crippen molar-refractivity contribution in [2.45, 2.75) is 38.5 Å². The summed E-state index contributed by atoms with van der Waals surface area (Å²) in [7, 11) is 0. The third kappa shape index (κ3) is 3.80. The molecule has 1 N–H and O–H groups in total. The van der Waals surface area contributed by atoms with E-state index in [9.17, 15) is 4.79 Å². The number of likely N-dealkylation sites (tertiary alicyclic amines) is 1. The van der Waals surface area contributed by atoms with E-state index in [2.05, 4.69) is 38.1 Å². The van der Waals surface area contributed by atoms with E-state index in [1.54, 1.807) is 0 Å². The minimum absolute atomic E-state index is 0.180. The summed E-state index contributed by atoms with van der Waals surface area (Å²) in [5.74, 6) is 0.442. The number of hydrogen-bond acceptors (Lipinski definition) is 2. The highest BCUT2D eigenvalue weighted by Gasteiger charge is 2.21. The fourth-order valence-electron chi connectivity index (χ4n) is 2.77. The van der Waals surface area contributed by atoms with Crippen molar-refractivity contribution in [3.8, 4) is 0 Å². The number of aliphatic carboxylic acids is 1. The number of rotatable bonds is 4. The van der Waals surface area contributed by atoms with Crippen LogP contribution in [0, 0.1) is 0 Å². The van der Waals surface area contributed by atoms with Gasteiger partial charge < -0.3 is 5.11 Å². The van der Waals surface area contributed by atoms with E-state index in [-0.39, 0.29) is 6.54 Å². The SMILES string of the molecule is CC(C)c1ccc(C2CCN(CC(=O)O)CC2)cc1. The lowest BCUT2D eigenvalue weighted by Gasteiger charge is -2.31. The Morgan fingerprint density at radius 3 is 2.32 bits per heavy atom. The van der Waals surface area contributed by atoms with Crippen LogP contribution in [0.1, 0.15) is 49.7 Å². The fraction of sp³-hybridized carbons (Fsp3) is 0.562. The zero-order valence-electron chi connectivity index (χ0n) is 11.8. The van der Waals surface area contributed by atoms with Gasteiger partial charge in [-0.15, -0.1) is 0 Å². The molecule has 0 amide bonds. The molecule has 0 spiro atoms. The molecule has 0 aliphatic carbocycles. The van der Waals surface area contributed by atoms with Crippen molar-refractivity contribution in [3.05, 3.63) is 35.4 Å². The first-order chi connectivity index (χ1) is 9.06. The Kier molecular flexibility index (Phi) is 4.59. The topological polar surface area (TPSA) is 40.5 Å². The summed E-state index contributed by atoms with van der Waals surface area (Å²) in [6.45, 7) is 6.38. The molecule has 3 heteroatoms. The zero-order chi connectivity index (χ0) is 13.8. The first kappa shape index (κ1) is 14.1. The third-order valence-corrected chi connectivity index (χ3v) is 4.02. The van der Waals surface area contributed by atoms with E-state index in [1.807, 2.05) is 4.90 Å². The zero-order valence-corrected chi connectivity index (χ0v) is 11.8. The monoisotopic (exact) mass is 261 g/mol. The number of benzene rings is 1. The highest BCUT2D eigenvalue weighted by Crippen LogP contribution is 2.28. The summed E-state index contributed by atoms with van der Waals surface area (Å²) >= 11 is 0. The molecular weight excluding hydrogens is 238 g/mol. The van der Waals surface area contributed by atoms with Crippen LogP contribution in [0.2, 0.25) is 0 Å². The van der Waals surface area contributed by atoms with Gasteiger partial charge in [0.25, 0.3) is 0 Å². The summed E-state index contributed by atoms with van der Waals surface area (Å²) in [6.07, 6.45) is 2.13. The lowest BCUT2D eigenvalue weighted by molar-refractivity contribution is -0.138. The Hall–Kier alpha value is -1.35. The second kappa shape index (κ2) is 6.20. The first-order valence-electron chi connectivity index (χ1n) is 7.10. The molecule has 1 aromatic rings. The Balaban J connectivity index is 1.92. The minimum Gasteiger partial charge on any atom is -0.480 e. The van der Waals surface area contributed by atoms with Gasteiger partial charge in [-0.25, -0.2) is 0 Å². The molecule has 0 atom stereocenters. The lowest BCUT2D eigenvalue weighted by Crippen LogP contribution is -2.36. The van der Waals surface area contributed by atoms with Gasteiger partial charge in [-0.1, -0.05) is 38.1 Å². The van der Waals surface area contributed by atoms with Gasteiger partial charge in [0.15, 0.2) is 0 Å². The van der Waals surface area contributed by atoms with Crippen molar-refractivity contribution < 1.29 is 9.90 Å². The van der Waals surface area contributed by atoms with Crippen molar-refractivity contribution in [2.75, 3.05) is 19.6 Å². The van der Waals surface area contributed by atoms with Gasteiger partial charge in [-0.3, -0.25) is 9.69 Å². The molecule has 1 fully saturated rings. The maximum Gasteiger partial charge on any atom is 0.317 e. The van der Waals surface area contributed by atoms with Crippen LogP contribution in [0.3, 0.4) is 0 Å². The van der Waals surface area contributed by atoms with Crippen molar-refractivity contribution in [3.63, 3.8) is 0 Å². The highest BCUT2D eigenvalue weighted by molar-refractivity contribution is 5.69. The van der Waals surface area contributed by atoms with Crippen LogP contribution in [0.15, 0.2) is 24.3 Å². The molecule has 0 saturated carbocycles. The van der Waals surface area contributed by atoms with E-state index in [0.29, 0.717) is 11.8 Å². The smallest absolute Gasteiger partial charge is 0.317 e. The summed E-state index contributed by atoms with van der Waals surface area (Å²) in [5, 5.41) is 8.79. The lowest BCUT2D eigenvalue weighted by atomic mass is 9.88. The van der Waals surface area contributed by atoms with Crippen LogP contribution in [0.25, 0.3) is 0 Å². The molecule has 1 saturated heterocycles. The molecule has 1 aliphatic rings. The van der Waals surface area contributed by atoms with Gasteiger partial charge in [0.1, 0.15) is 0 Å². The van der Waals surface area contributed by atoms with E-state index < -0.39 is 5.97 Å². The molecule has 19 heavy (non-hydrogen) atoms. The Morgan fingerprint density at radius 1 is 1.26 bits per heavy atom. The predicted molar refractivity (Wildman–Crippen MR) is 76.6 cm³/mol. The molecule has 1 aliphatic heterocycles. The first-order valence-corrected chi connectivity index (χ1v) is 7.10. The molecule has 1 aromatic carbocycles. The van der Waals surface area contributed by atoms with Crippen molar-refractivity contribution >= 4 is 5.97 Å². The van der Waals surface area contributed by atoms with Crippen LogP contribution in [-0.4, -0.2) is 35.6 Å². The van der Waals surface area contributed by atoms with Crippen molar-refractivity contribution in [1.82, 2.24) is 4.90 Å². The average Bonchev–Trinajstić information content (AvgIpc) is 2.39. The number of nitrogens with zero attached hydrogens (tertiary/aromatic N) is 1. The quantitative estimate of drug-likeness (QED) is 0.905. The fourth-order valence-corrected chi connectivity index (χ4v) is 2.77. The average molecular weight is 261 g/mol. The van der Waals surface area contributed by atoms with Crippen LogP contribution in [0.5, 0.6) is 0 Å². The summed E-state index contributed by atoms with van der Waals surface area (Å²) in [5.41, 5.74) is 2.78. The Labute approximate surface area is 115 Å². The van der Waals surface area contributed by atoms with Crippen LogP contribution >= 0.6 is 0 Å². The maximum absolute atomic E-state index is 10.7. The molecule has 104 valence electrons. The van der Waals surface area contributed by atoms with Gasteiger partial charge in [-0.05, 0) is 48.9 Å². The number of carboxylic acids is 1. The van der Waals surface area contributed by atoms with Crippen LogP contribution in [0.4, 0.5) is 0 Å². The molecular formula is C16H23NO2. The second-order valence-electron chi connectivity index (χ2n) is 5.77. The Morgan fingerprint density at radius 2 is 1.84 bits per heavy atom. The second-order valence-corrected chi connectivity index (χ2v) is 5.77. The standard InChI is InChI=1S/C16H23NO2/c1-12(2)13-3-5-14(6-4-13)15-7-9-17(10-8-15)11-16(18)19/h3-6,12,15H,7-11H2,1-2H3,(H,18,19). The van der Waals surface area contributed by atoms with Gasteiger partial charge >= 0.3 is 5.97 Å². The number of carbonyl (C=O) groups is 1. The molecule has 0 aromatic heterocycles. The van der Waals surface area contributed by atoms with Crippen molar-refractivity contribution in [2.24, 2.45) is 0 Å². The molecule has 2 rings (SSSR count). The van der Waals surface area contributed by atoms with Crippen LogP contribution < -0.4 is 0 Å². The number of hydrogen-bond donors (Lipinski definition) is 1. The van der Waals surface area contributed by atoms with Crippen LogP contribution in [-0.2, 0) is 4.79 Å². The summed E-state index contributed by atoms with van der Waals surface area (Å²) in [4.78, 5) is 12.7. The van der Waals surface area contributed by atoms with E-state index >= 15 is 0 Å². The third-order valence-electron chi connectivity index (χ3n) is 4.02. The predicted octanol–water partition coefficient (Wildman–Crippen LogP) is 3.07. The van der Waals surface area contributed by atoms with Gasteiger partial charge in [0, 0.05) is 0 Å². The molecule has 3 nitrogen and oxygen atoms in total. The molecule has 0 radical (unpaired) electrons. The molecule has 0 bridgehead atoms. The summed E-state index contributed by atoms with van der Waals surface area (Å²) in [6, 6.07) is 8.94. The number of carboxylic acid groups (broad SMARTS) is 1. The van der Waals surface area contributed by atoms with Crippen molar-refractivity contribution in [1.29, 1.82) is 0 Å². The largest absolute Gasteiger partial charge is 0.480 e. The van der Waals surface area contributed by atoms with Gasteiger partial charge in [-0.2, -0.15) is 0 Å². The maximum atomic E-state index is 10.7. The molecule has 0 unspecified atom stereocenters. The molecule has 1 heterocycles. The summed E-state index contributed by atoms with van der Waals surface area (Å²) < 4.78 is 0. The van der Waals surface area contributed by atoms with E-state index in [1.165, 1.54) is 11.1 Å². The van der Waals surface area contributed by atoms with Gasteiger partial charge in [0.05, 0.1) is 6.54 Å². The Bertz CT molecular complexity index is 417. The highest BCUT2D eigenvalue weighted by atomic mass is 16.4. The van der Waals surface area contributed by atoms with E-state index in [4.69, 9.17) is 5.11 Å². The normalized spacial score (nSPS) is 17.8. The number of piperidine rings is 1. The van der Waals surface area contributed by atoms with Gasteiger partial charge in [0.2, 0.25) is 0 Å².